The molecule has 1 amide bonds. The predicted molar refractivity (Wildman–Crippen MR) is 48.1 cm³/mol. The van der Waals surface area contributed by atoms with E-state index in [1.165, 1.54) is 12.8 Å². The number of carbonyl (C=O) groups is 1. The van der Waals surface area contributed by atoms with Crippen LogP contribution in [-0.4, -0.2) is 29.3 Å². The summed E-state index contributed by atoms with van der Waals surface area (Å²) < 4.78 is 0. The van der Waals surface area contributed by atoms with Crippen LogP contribution in [0.1, 0.15) is 19.8 Å². The Labute approximate surface area is 77.9 Å². The Bertz CT molecular complexity index is 193. The van der Waals surface area contributed by atoms with E-state index in [-0.39, 0.29) is 11.3 Å². The molecule has 0 radical (unpaired) electrons. The van der Waals surface area contributed by atoms with Gasteiger partial charge in [0.25, 0.3) is 0 Å². The second kappa shape index (κ2) is 2.91. The summed E-state index contributed by atoms with van der Waals surface area (Å²) in [7, 11) is 0. The lowest BCUT2D eigenvalue weighted by molar-refractivity contribution is -0.129. The van der Waals surface area contributed by atoms with Crippen molar-refractivity contribution in [2.75, 3.05) is 13.1 Å². The van der Waals surface area contributed by atoms with Crippen LogP contribution >= 0.6 is 11.6 Å². The van der Waals surface area contributed by atoms with Crippen molar-refractivity contribution in [1.82, 2.24) is 4.90 Å². The van der Waals surface area contributed by atoms with Gasteiger partial charge in [0.15, 0.2) is 0 Å². The Morgan fingerprint density at radius 1 is 1.42 bits per heavy atom. The summed E-state index contributed by atoms with van der Waals surface area (Å²) >= 11 is 5.73. The standard InChI is InChI=1S/C9H14ClNO/c1-6(10)9(12)11-4-7-2-3-8(7)5-11/h6-8H,2-5H2,1H3. The van der Waals surface area contributed by atoms with E-state index in [1.807, 2.05) is 4.90 Å². The van der Waals surface area contributed by atoms with Gasteiger partial charge in [-0.05, 0) is 31.6 Å². The van der Waals surface area contributed by atoms with E-state index in [4.69, 9.17) is 11.6 Å². The maximum absolute atomic E-state index is 11.5. The lowest BCUT2D eigenvalue weighted by atomic mass is 9.77. The summed E-state index contributed by atoms with van der Waals surface area (Å²) in [5.41, 5.74) is 0. The molecule has 1 heterocycles. The summed E-state index contributed by atoms with van der Waals surface area (Å²) in [5, 5.41) is -0.345. The normalized spacial score (nSPS) is 35.7. The van der Waals surface area contributed by atoms with Gasteiger partial charge in [-0.25, -0.2) is 0 Å². The molecule has 2 nitrogen and oxygen atoms in total. The van der Waals surface area contributed by atoms with Gasteiger partial charge in [-0.15, -0.1) is 11.6 Å². The van der Waals surface area contributed by atoms with Gasteiger partial charge in [0.05, 0.1) is 0 Å². The monoisotopic (exact) mass is 187 g/mol. The molecular weight excluding hydrogens is 174 g/mol. The van der Waals surface area contributed by atoms with Crippen molar-refractivity contribution in [1.29, 1.82) is 0 Å². The van der Waals surface area contributed by atoms with E-state index in [9.17, 15) is 4.79 Å². The zero-order valence-corrected chi connectivity index (χ0v) is 8.05. The lowest BCUT2D eigenvalue weighted by Gasteiger charge is -2.27. The van der Waals surface area contributed by atoms with E-state index < -0.39 is 0 Å². The Hall–Kier alpha value is -0.240. The van der Waals surface area contributed by atoms with Gasteiger partial charge in [-0.3, -0.25) is 4.79 Å². The number of hydrogen-bond donors (Lipinski definition) is 0. The van der Waals surface area contributed by atoms with Gasteiger partial charge in [-0.1, -0.05) is 0 Å². The molecule has 2 fully saturated rings. The highest BCUT2D eigenvalue weighted by Crippen LogP contribution is 2.40. The zero-order valence-electron chi connectivity index (χ0n) is 7.29. The molecule has 0 aromatic carbocycles. The highest BCUT2D eigenvalue weighted by Gasteiger charge is 2.41. The molecular formula is C9H14ClNO. The first-order valence-electron chi connectivity index (χ1n) is 4.61. The molecule has 1 aliphatic carbocycles. The smallest absolute Gasteiger partial charge is 0.240 e. The van der Waals surface area contributed by atoms with Crippen LogP contribution in [0.5, 0.6) is 0 Å². The maximum atomic E-state index is 11.5. The Balaban J connectivity index is 1.94. The number of alkyl halides is 1. The number of rotatable bonds is 1. The third-order valence-electron chi connectivity index (χ3n) is 3.14. The van der Waals surface area contributed by atoms with Crippen LogP contribution in [-0.2, 0) is 4.79 Å². The highest BCUT2D eigenvalue weighted by atomic mass is 35.5. The van der Waals surface area contributed by atoms with Gasteiger partial charge in [0.2, 0.25) is 5.91 Å². The van der Waals surface area contributed by atoms with Crippen molar-refractivity contribution in [3.8, 4) is 0 Å². The van der Waals surface area contributed by atoms with Crippen LogP contribution in [0.2, 0.25) is 0 Å². The third-order valence-corrected chi connectivity index (χ3v) is 3.32. The van der Waals surface area contributed by atoms with Gasteiger partial charge in [0.1, 0.15) is 5.38 Å². The fourth-order valence-corrected chi connectivity index (χ4v) is 2.33. The van der Waals surface area contributed by atoms with Crippen LogP contribution in [0.15, 0.2) is 0 Å². The van der Waals surface area contributed by atoms with E-state index >= 15 is 0 Å². The first kappa shape index (κ1) is 8.36. The van der Waals surface area contributed by atoms with Crippen molar-refractivity contribution in [3.05, 3.63) is 0 Å². The minimum Gasteiger partial charge on any atom is -0.341 e. The summed E-state index contributed by atoms with van der Waals surface area (Å²) in [4.78, 5) is 13.4. The van der Waals surface area contributed by atoms with E-state index in [0.29, 0.717) is 0 Å². The average molecular weight is 188 g/mol. The van der Waals surface area contributed by atoms with E-state index in [1.54, 1.807) is 6.92 Å². The van der Waals surface area contributed by atoms with Gasteiger partial charge in [-0.2, -0.15) is 0 Å². The molecule has 1 aliphatic heterocycles. The largest absolute Gasteiger partial charge is 0.341 e. The summed E-state index contributed by atoms with van der Waals surface area (Å²) in [6, 6.07) is 0. The van der Waals surface area contributed by atoms with Crippen molar-refractivity contribution in [2.45, 2.75) is 25.1 Å². The molecule has 2 aliphatic rings. The molecule has 0 aromatic rings. The Morgan fingerprint density at radius 2 is 1.92 bits per heavy atom. The fraction of sp³-hybridized carbons (Fsp3) is 0.889. The molecule has 2 rings (SSSR count). The fourth-order valence-electron chi connectivity index (χ4n) is 2.19. The lowest BCUT2D eigenvalue weighted by Crippen LogP contribution is -2.33. The molecule has 0 bridgehead atoms. The first-order valence-corrected chi connectivity index (χ1v) is 5.05. The van der Waals surface area contributed by atoms with E-state index in [0.717, 1.165) is 24.9 Å². The van der Waals surface area contributed by atoms with Crippen LogP contribution in [0, 0.1) is 11.8 Å². The summed E-state index contributed by atoms with van der Waals surface area (Å²) in [6.07, 6.45) is 2.62. The van der Waals surface area contributed by atoms with Crippen LogP contribution in [0.3, 0.4) is 0 Å². The number of amides is 1. The van der Waals surface area contributed by atoms with Crippen molar-refractivity contribution >= 4 is 17.5 Å². The van der Waals surface area contributed by atoms with Crippen LogP contribution in [0.25, 0.3) is 0 Å². The number of carbonyl (C=O) groups excluding carboxylic acids is 1. The van der Waals surface area contributed by atoms with Gasteiger partial charge in [0, 0.05) is 13.1 Å². The first-order chi connectivity index (χ1) is 5.68. The highest BCUT2D eigenvalue weighted by molar-refractivity contribution is 6.30. The number of halogens is 1. The van der Waals surface area contributed by atoms with Crippen molar-refractivity contribution < 1.29 is 4.79 Å². The minimum absolute atomic E-state index is 0.117. The number of nitrogens with zero attached hydrogens (tertiary/aromatic N) is 1. The number of fused-ring (bicyclic) bond motifs is 1. The molecule has 0 aromatic heterocycles. The number of likely N-dealkylation sites (tertiary alicyclic amines) is 1. The minimum atomic E-state index is -0.345. The molecule has 68 valence electrons. The molecule has 3 atom stereocenters. The number of hydrogen-bond acceptors (Lipinski definition) is 1. The Morgan fingerprint density at radius 3 is 2.25 bits per heavy atom. The topological polar surface area (TPSA) is 20.3 Å². The average Bonchev–Trinajstić information content (AvgIpc) is 2.27. The van der Waals surface area contributed by atoms with Crippen LogP contribution in [0.4, 0.5) is 0 Å². The second-order valence-electron chi connectivity index (χ2n) is 3.96. The zero-order chi connectivity index (χ0) is 8.72. The molecule has 12 heavy (non-hydrogen) atoms. The molecule has 3 unspecified atom stereocenters. The van der Waals surface area contributed by atoms with Gasteiger partial charge < -0.3 is 4.90 Å². The van der Waals surface area contributed by atoms with Crippen LogP contribution < -0.4 is 0 Å². The predicted octanol–water partition coefficient (Wildman–Crippen LogP) is 1.48. The van der Waals surface area contributed by atoms with Gasteiger partial charge >= 0.3 is 0 Å². The molecule has 1 saturated heterocycles. The maximum Gasteiger partial charge on any atom is 0.240 e. The van der Waals surface area contributed by atoms with Crippen molar-refractivity contribution in [2.24, 2.45) is 11.8 Å². The molecule has 3 heteroatoms. The molecule has 1 saturated carbocycles. The second-order valence-corrected chi connectivity index (χ2v) is 4.61. The Kier molecular flexibility index (Phi) is 2.03. The summed E-state index contributed by atoms with van der Waals surface area (Å²) in [5.74, 6) is 1.71. The quantitative estimate of drug-likeness (QED) is 0.570. The molecule has 0 spiro atoms. The van der Waals surface area contributed by atoms with E-state index in [2.05, 4.69) is 0 Å². The summed E-state index contributed by atoms with van der Waals surface area (Å²) in [6.45, 7) is 3.67. The SMILES string of the molecule is CC(Cl)C(=O)N1CC2CCC2C1. The molecule has 0 N–H and O–H groups in total. The van der Waals surface area contributed by atoms with Crippen molar-refractivity contribution in [3.63, 3.8) is 0 Å². The third kappa shape index (κ3) is 1.22.